The molecule has 1 N–H and O–H groups in total. The molecule has 0 spiro atoms. The first-order valence-corrected chi connectivity index (χ1v) is 9.93. The number of benzene rings is 4. The van der Waals surface area contributed by atoms with E-state index in [0.717, 1.165) is 27.6 Å². The van der Waals surface area contributed by atoms with Gasteiger partial charge in [-0.25, -0.2) is 4.79 Å². The van der Waals surface area contributed by atoms with Gasteiger partial charge in [0.15, 0.2) is 6.10 Å². The highest BCUT2D eigenvalue weighted by Gasteiger charge is 2.18. The van der Waals surface area contributed by atoms with Crippen molar-refractivity contribution in [1.82, 2.24) is 0 Å². The number of esters is 1. The molecule has 0 aliphatic rings. The molecule has 0 fully saturated rings. The van der Waals surface area contributed by atoms with E-state index in [1.807, 2.05) is 72.8 Å². The molecular weight excluding hydrogens is 392 g/mol. The normalized spacial score (nSPS) is 11.8. The van der Waals surface area contributed by atoms with Crippen LogP contribution in [0.2, 0.25) is 0 Å². The molecule has 0 bridgehead atoms. The maximum absolute atomic E-state index is 11.5. The summed E-state index contributed by atoms with van der Waals surface area (Å²) in [7, 11) is 0. The lowest BCUT2D eigenvalue weighted by molar-refractivity contribution is -0.146. The molecule has 1 unspecified atom stereocenters. The van der Waals surface area contributed by atoms with Gasteiger partial charge >= 0.3 is 5.97 Å². The van der Waals surface area contributed by atoms with E-state index in [9.17, 15) is 9.90 Å². The van der Waals surface area contributed by atoms with E-state index >= 15 is 0 Å². The summed E-state index contributed by atoms with van der Waals surface area (Å²) in [5.41, 5.74) is 0. The average Bonchev–Trinajstić information content (AvgIpc) is 2.81. The summed E-state index contributed by atoms with van der Waals surface area (Å²) in [5, 5.41) is 13.3. The maximum atomic E-state index is 11.5. The first-order valence-electron chi connectivity index (χ1n) is 9.93. The molecule has 156 valence electrons. The van der Waals surface area contributed by atoms with Crippen LogP contribution >= 0.6 is 0 Å². The number of carbonyl (C=O) groups is 1. The number of para-hydroxylation sites is 1. The average molecular weight is 414 g/mol. The van der Waals surface area contributed by atoms with Crippen LogP contribution in [0.3, 0.4) is 0 Å². The van der Waals surface area contributed by atoms with E-state index < -0.39 is 12.1 Å². The molecule has 0 saturated heterocycles. The fourth-order valence-electron chi connectivity index (χ4n) is 3.41. The Balaban J connectivity index is 1.79. The number of hydrogen-bond donors (Lipinski definition) is 1. The highest BCUT2D eigenvalue weighted by molar-refractivity contribution is 6.07. The van der Waals surface area contributed by atoms with Crippen molar-refractivity contribution in [1.29, 1.82) is 0 Å². The Morgan fingerprint density at radius 2 is 1.71 bits per heavy atom. The minimum Gasteiger partial charge on any atom is -0.488 e. The van der Waals surface area contributed by atoms with Gasteiger partial charge in [0.05, 0.1) is 12.0 Å². The second-order valence-corrected chi connectivity index (χ2v) is 6.95. The topological polar surface area (TPSA) is 65.0 Å². The quantitative estimate of drug-likeness (QED) is 0.242. The largest absolute Gasteiger partial charge is 0.488 e. The van der Waals surface area contributed by atoms with Crippen molar-refractivity contribution in [2.75, 3.05) is 13.2 Å². The van der Waals surface area contributed by atoms with Gasteiger partial charge in [-0.3, -0.25) is 0 Å². The van der Waals surface area contributed by atoms with Crippen molar-refractivity contribution < 1.29 is 24.1 Å². The third-order valence-corrected chi connectivity index (χ3v) is 4.84. The van der Waals surface area contributed by atoms with E-state index in [4.69, 9.17) is 14.2 Å². The van der Waals surface area contributed by atoms with Gasteiger partial charge in [-0.1, -0.05) is 61.2 Å². The SMILES string of the molecule is C=CC(=O)OC(CO)COc1c2ccccc2cc2cccc(Oc3ccccc3)c12. The standard InChI is InChI=1S/C26H22O5/c1-2-24(28)31-21(16-27)17-29-26-22-13-7-6-9-18(22)15-19-10-8-14-23(25(19)26)30-20-11-4-3-5-12-20/h2-15,21,27H,1,16-17H2. The lowest BCUT2D eigenvalue weighted by atomic mass is 10.0. The van der Waals surface area contributed by atoms with Gasteiger partial charge in [-0.2, -0.15) is 0 Å². The highest BCUT2D eigenvalue weighted by Crippen LogP contribution is 2.41. The summed E-state index contributed by atoms with van der Waals surface area (Å²) >= 11 is 0. The van der Waals surface area contributed by atoms with E-state index in [-0.39, 0.29) is 13.2 Å². The van der Waals surface area contributed by atoms with Gasteiger partial charge in [-0.15, -0.1) is 0 Å². The first-order chi connectivity index (χ1) is 15.2. The van der Waals surface area contributed by atoms with Crippen LogP contribution < -0.4 is 9.47 Å². The summed E-state index contributed by atoms with van der Waals surface area (Å²) in [5.74, 6) is 1.35. The summed E-state index contributed by atoms with van der Waals surface area (Å²) in [6.07, 6.45) is 0.239. The first kappa shape index (κ1) is 20.4. The van der Waals surface area contributed by atoms with Gasteiger partial charge in [0, 0.05) is 11.5 Å². The molecule has 4 rings (SSSR count). The molecule has 0 aliphatic carbocycles. The number of hydrogen-bond acceptors (Lipinski definition) is 5. The zero-order valence-electron chi connectivity index (χ0n) is 16.9. The van der Waals surface area contributed by atoms with Crippen molar-refractivity contribution in [2.24, 2.45) is 0 Å². The molecule has 31 heavy (non-hydrogen) atoms. The van der Waals surface area contributed by atoms with Crippen LogP contribution in [0.5, 0.6) is 17.2 Å². The number of aliphatic hydroxyl groups is 1. The fraction of sp³-hybridized carbons (Fsp3) is 0.115. The van der Waals surface area contributed by atoms with Crippen molar-refractivity contribution >= 4 is 27.5 Å². The number of fused-ring (bicyclic) bond motifs is 2. The van der Waals surface area contributed by atoms with Gasteiger partial charge < -0.3 is 19.3 Å². The lowest BCUT2D eigenvalue weighted by Gasteiger charge is -2.19. The van der Waals surface area contributed by atoms with E-state index in [2.05, 4.69) is 12.6 Å². The minimum atomic E-state index is -0.818. The Kier molecular flexibility index (Phi) is 6.15. The summed E-state index contributed by atoms with van der Waals surface area (Å²) in [6, 6.07) is 25.3. The monoisotopic (exact) mass is 414 g/mol. The predicted octanol–water partition coefficient (Wildman–Crippen LogP) is 5.25. The van der Waals surface area contributed by atoms with Gasteiger partial charge in [0.1, 0.15) is 23.9 Å². The smallest absolute Gasteiger partial charge is 0.330 e. The summed E-state index contributed by atoms with van der Waals surface area (Å²) in [4.78, 5) is 11.5. The van der Waals surface area contributed by atoms with Gasteiger partial charge in [0.25, 0.3) is 0 Å². The molecule has 1 atom stereocenters. The van der Waals surface area contributed by atoms with Crippen LogP contribution in [-0.4, -0.2) is 30.4 Å². The van der Waals surface area contributed by atoms with Crippen LogP contribution in [0.15, 0.2) is 91.5 Å². The van der Waals surface area contributed by atoms with Crippen molar-refractivity contribution in [3.63, 3.8) is 0 Å². The summed E-state index contributed by atoms with van der Waals surface area (Å²) < 4.78 is 17.5. The predicted molar refractivity (Wildman–Crippen MR) is 121 cm³/mol. The molecular formula is C26H22O5. The molecule has 4 aromatic rings. The Hall–Kier alpha value is -3.83. The van der Waals surface area contributed by atoms with Crippen LogP contribution in [0.1, 0.15) is 0 Å². The molecule has 4 aromatic carbocycles. The van der Waals surface area contributed by atoms with E-state index in [1.165, 1.54) is 0 Å². The van der Waals surface area contributed by atoms with Gasteiger partial charge in [0.2, 0.25) is 0 Å². The third-order valence-electron chi connectivity index (χ3n) is 4.84. The third kappa shape index (κ3) is 4.52. The summed E-state index contributed by atoms with van der Waals surface area (Å²) in [6.45, 7) is 3.01. The number of carbonyl (C=O) groups excluding carboxylic acids is 1. The van der Waals surface area contributed by atoms with Gasteiger partial charge in [-0.05, 0) is 35.0 Å². The van der Waals surface area contributed by atoms with Crippen molar-refractivity contribution in [3.8, 4) is 17.2 Å². The molecule has 0 aliphatic heterocycles. The Morgan fingerprint density at radius 1 is 0.968 bits per heavy atom. The minimum absolute atomic E-state index is 0.0150. The van der Waals surface area contributed by atoms with E-state index in [1.54, 1.807) is 0 Å². The Bertz CT molecular complexity index is 1220. The number of aliphatic hydroxyl groups excluding tert-OH is 1. The zero-order chi connectivity index (χ0) is 21.6. The molecule has 5 nitrogen and oxygen atoms in total. The number of rotatable bonds is 8. The second kappa shape index (κ2) is 9.32. The van der Waals surface area contributed by atoms with E-state index in [0.29, 0.717) is 17.2 Å². The second-order valence-electron chi connectivity index (χ2n) is 6.95. The van der Waals surface area contributed by atoms with Crippen LogP contribution in [0.25, 0.3) is 21.5 Å². The molecule has 0 radical (unpaired) electrons. The Labute approximate surface area is 180 Å². The van der Waals surface area contributed by atoms with Crippen LogP contribution in [-0.2, 0) is 9.53 Å². The Morgan fingerprint density at radius 3 is 2.48 bits per heavy atom. The molecule has 0 heterocycles. The van der Waals surface area contributed by atoms with Crippen molar-refractivity contribution in [2.45, 2.75) is 6.10 Å². The zero-order valence-corrected chi connectivity index (χ0v) is 16.9. The fourth-order valence-corrected chi connectivity index (χ4v) is 3.41. The number of ether oxygens (including phenoxy) is 3. The molecule has 0 saturated carbocycles. The molecule has 0 amide bonds. The van der Waals surface area contributed by atoms with Crippen LogP contribution in [0, 0.1) is 0 Å². The molecule has 0 aromatic heterocycles. The lowest BCUT2D eigenvalue weighted by Crippen LogP contribution is -2.28. The molecule has 5 heteroatoms. The maximum Gasteiger partial charge on any atom is 0.330 e. The van der Waals surface area contributed by atoms with Crippen LogP contribution in [0.4, 0.5) is 0 Å². The highest BCUT2D eigenvalue weighted by atomic mass is 16.6. The van der Waals surface area contributed by atoms with Crippen molar-refractivity contribution in [3.05, 3.63) is 91.5 Å².